The van der Waals surface area contributed by atoms with Gasteiger partial charge in [0.05, 0.1) is 0 Å². The summed E-state index contributed by atoms with van der Waals surface area (Å²) < 4.78 is 10.7. The SMILES string of the molecule is CCC(/N=N/C(CC)(OC=O)c1ccccc1)(OC=O)c1ccccc1. The van der Waals surface area contributed by atoms with Gasteiger partial charge in [0.1, 0.15) is 0 Å². The molecule has 26 heavy (non-hydrogen) atoms. The first kappa shape index (κ1) is 19.3. The number of benzene rings is 2. The molecule has 2 aromatic carbocycles. The Balaban J connectivity index is 2.54. The lowest BCUT2D eigenvalue weighted by Crippen LogP contribution is -2.30. The first-order chi connectivity index (χ1) is 12.7. The van der Waals surface area contributed by atoms with Gasteiger partial charge in [-0.15, -0.1) is 10.2 Å². The van der Waals surface area contributed by atoms with Gasteiger partial charge in [0.15, 0.2) is 0 Å². The summed E-state index contributed by atoms with van der Waals surface area (Å²) in [5.41, 5.74) is -1.21. The molecule has 0 aliphatic heterocycles. The number of carbonyl (C=O) groups excluding carboxylic acids is 2. The van der Waals surface area contributed by atoms with Crippen molar-refractivity contribution in [2.24, 2.45) is 10.2 Å². The average Bonchev–Trinajstić information content (AvgIpc) is 2.71. The molecule has 2 unspecified atom stereocenters. The molecular weight excluding hydrogens is 332 g/mol. The number of nitrogens with zero attached hydrogens (tertiary/aromatic N) is 2. The maximum absolute atomic E-state index is 11.1. The Morgan fingerprint density at radius 2 is 1.08 bits per heavy atom. The number of hydrogen-bond donors (Lipinski definition) is 0. The van der Waals surface area contributed by atoms with E-state index >= 15 is 0 Å². The van der Waals surface area contributed by atoms with Crippen LogP contribution in [0.2, 0.25) is 0 Å². The van der Waals surface area contributed by atoms with Crippen LogP contribution in [0.25, 0.3) is 0 Å². The second kappa shape index (κ2) is 8.89. The minimum Gasteiger partial charge on any atom is -0.433 e. The second-order valence-electron chi connectivity index (χ2n) is 5.64. The van der Waals surface area contributed by atoms with Crippen molar-refractivity contribution >= 4 is 12.9 Å². The summed E-state index contributed by atoms with van der Waals surface area (Å²) in [5.74, 6) is 0. The van der Waals surface area contributed by atoms with Gasteiger partial charge in [-0.1, -0.05) is 74.5 Å². The van der Waals surface area contributed by atoms with Gasteiger partial charge in [-0.2, -0.15) is 0 Å². The third kappa shape index (κ3) is 3.96. The number of carbonyl (C=O) groups is 2. The highest BCUT2D eigenvalue weighted by atomic mass is 16.6. The summed E-state index contributed by atoms with van der Waals surface area (Å²) in [7, 11) is 0. The van der Waals surface area contributed by atoms with Gasteiger partial charge in [-0.05, 0) is 0 Å². The molecule has 0 saturated heterocycles. The van der Waals surface area contributed by atoms with Crippen LogP contribution >= 0.6 is 0 Å². The monoisotopic (exact) mass is 354 g/mol. The van der Waals surface area contributed by atoms with Crippen molar-refractivity contribution in [2.45, 2.75) is 38.1 Å². The molecule has 136 valence electrons. The summed E-state index contributed by atoms with van der Waals surface area (Å²) in [5, 5.41) is 8.72. The van der Waals surface area contributed by atoms with Crippen molar-refractivity contribution in [2.75, 3.05) is 0 Å². The van der Waals surface area contributed by atoms with Crippen LogP contribution in [0.4, 0.5) is 0 Å². The van der Waals surface area contributed by atoms with Crippen molar-refractivity contribution in [3.8, 4) is 0 Å². The van der Waals surface area contributed by atoms with Crippen LogP contribution < -0.4 is 0 Å². The van der Waals surface area contributed by atoms with E-state index in [9.17, 15) is 9.59 Å². The quantitative estimate of drug-likeness (QED) is 0.470. The van der Waals surface area contributed by atoms with Crippen molar-refractivity contribution in [3.05, 3.63) is 71.8 Å². The average molecular weight is 354 g/mol. The molecule has 0 aromatic heterocycles. The molecule has 0 spiro atoms. The van der Waals surface area contributed by atoms with Gasteiger partial charge in [0.25, 0.3) is 12.9 Å². The van der Waals surface area contributed by atoms with Crippen LogP contribution in [-0.4, -0.2) is 12.9 Å². The van der Waals surface area contributed by atoms with Crippen LogP contribution in [0, 0.1) is 0 Å². The smallest absolute Gasteiger partial charge is 0.295 e. The Labute approximate surface area is 152 Å². The topological polar surface area (TPSA) is 77.3 Å². The van der Waals surface area contributed by atoms with Crippen molar-refractivity contribution < 1.29 is 19.1 Å². The molecule has 0 heterocycles. The number of ether oxygens (including phenoxy) is 2. The van der Waals surface area contributed by atoms with Gasteiger partial charge in [-0.3, -0.25) is 9.59 Å². The molecule has 0 fully saturated rings. The summed E-state index contributed by atoms with van der Waals surface area (Å²) in [4.78, 5) is 22.3. The van der Waals surface area contributed by atoms with E-state index in [4.69, 9.17) is 9.47 Å². The molecule has 2 rings (SSSR count). The third-order valence-corrected chi connectivity index (χ3v) is 4.27. The fourth-order valence-corrected chi connectivity index (χ4v) is 2.73. The van der Waals surface area contributed by atoms with E-state index < -0.39 is 11.4 Å². The Morgan fingerprint density at radius 3 is 1.35 bits per heavy atom. The number of hydrogen-bond acceptors (Lipinski definition) is 6. The fourth-order valence-electron chi connectivity index (χ4n) is 2.73. The molecule has 0 aliphatic carbocycles. The van der Waals surface area contributed by atoms with Crippen LogP contribution in [0.15, 0.2) is 70.9 Å². The van der Waals surface area contributed by atoms with Gasteiger partial charge < -0.3 is 9.47 Å². The lowest BCUT2D eigenvalue weighted by molar-refractivity contribution is -0.151. The molecule has 0 saturated carbocycles. The first-order valence-corrected chi connectivity index (χ1v) is 8.44. The summed E-state index contributed by atoms with van der Waals surface area (Å²) >= 11 is 0. The second-order valence-corrected chi connectivity index (χ2v) is 5.64. The van der Waals surface area contributed by atoms with Crippen LogP contribution in [0.1, 0.15) is 37.8 Å². The zero-order valence-corrected chi connectivity index (χ0v) is 14.9. The highest BCUT2D eigenvalue weighted by Gasteiger charge is 2.37. The van der Waals surface area contributed by atoms with E-state index in [1.165, 1.54) is 0 Å². The molecule has 0 radical (unpaired) electrons. The Hall–Kier alpha value is -3.02. The summed E-state index contributed by atoms with van der Waals surface area (Å²) in [6, 6.07) is 18.3. The number of azo groups is 1. The third-order valence-electron chi connectivity index (χ3n) is 4.27. The number of rotatable bonds is 10. The largest absolute Gasteiger partial charge is 0.433 e. The Bertz CT molecular complexity index is 672. The molecule has 0 aliphatic rings. The molecule has 0 bridgehead atoms. The van der Waals surface area contributed by atoms with Gasteiger partial charge in [0.2, 0.25) is 11.4 Å². The fraction of sp³-hybridized carbons (Fsp3) is 0.300. The highest BCUT2D eigenvalue weighted by molar-refractivity contribution is 5.41. The first-order valence-electron chi connectivity index (χ1n) is 8.44. The highest BCUT2D eigenvalue weighted by Crippen LogP contribution is 2.36. The van der Waals surface area contributed by atoms with Crippen LogP contribution in [0.5, 0.6) is 0 Å². The Kier molecular flexibility index (Phi) is 6.60. The zero-order valence-electron chi connectivity index (χ0n) is 14.9. The molecule has 2 atom stereocenters. The zero-order chi connectivity index (χ0) is 18.9. The van der Waals surface area contributed by atoms with E-state index in [1.54, 1.807) is 0 Å². The van der Waals surface area contributed by atoms with E-state index in [-0.39, 0.29) is 0 Å². The molecule has 0 amide bonds. The minimum absolute atomic E-state index is 0.353. The predicted octanol–water partition coefficient (Wildman–Crippen LogP) is 4.31. The normalized spacial score (nSPS) is 15.6. The maximum Gasteiger partial charge on any atom is 0.295 e. The van der Waals surface area contributed by atoms with Crippen molar-refractivity contribution in [3.63, 3.8) is 0 Å². The minimum atomic E-state index is -1.29. The molecular formula is C20H22N2O4. The van der Waals surface area contributed by atoms with Crippen LogP contribution in [-0.2, 0) is 30.5 Å². The predicted molar refractivity (Wildman–Crippen MR) is 96.0 cm³/mol. The molecule has 6 heteroatoms. The van der Waals surface area contributed by atoms with Crippen molar-refractivity contribution in [1.82, 2.24) is 0 Å². The van der Waals surface area contributed by atoms with Gasteiger partial charge in [0, 0.05) is 24.0 Å². The van der Waals surface area contributed by atoms with E-state index in [2.05, 4.69) is 10.2 Å². The van der Waals surface area contributed by atoms with Crippen LogP contribution in [0.3, 0.4) is 0 Å². The molecule has 6 nitrogen and oxygen atoms in total. The van der Waals surface area contributed by atoms with Gasteiger partial charge >= 0.3 is 0 Å². The lowest BCUT2D eigenvalue weighted by atomic mass is 10.00. The maximum atomic E-state index is 11.1. The standard InChI is InChI=1S/C20H22N2O4/c1-3-19(25-15-23,17-11-7-5-8-12-17)21-22-20(4-2,26-16-24)18-13-9-6-10-14-18/h5-16H,3-4H2,1-2H3/b22-21+. The van der Waals surface area contributed by atoms with Gasteiger partial charge in [-0.25, -0.2) is 0 Å². The summed E-state index contributed by atoms with van der Waals surface area (Å²) in [6.07, 6.45) is 0.740. The van der Waals surface area contributed by atoms with Crippen molar-refractivity contribution in [1.29, 1.82) is 0 Å². The lowest BCUT2D eigenvalue weighted by Gasteiger charge is -2.30. The Morgan fingerprint density at radius 1 is 0.731 bits per heavy atom. The van der Waals surface area contributed by atoms with E-state index in [0.717, 1.165) is 0 Å². The molecule has 2 aromatic rings. The summed E-state index contributed by atoms with van der Waals surface area (Å²) in [6.45, 7) is 4.39. The van der Waals surface area contributed by atoms with E-state index in [1.807, 2.05) is 74.5 Å². The molecule has 0 N–H and O–H groups in total. The van der Waals surface area contributed by atoms with E-state index in [0.29, 0.717) is 36.9 Å².